The Hall–Kier alpha value is -1.05. The van der Waals surface area contributed by atoms with Crippen LogP contribution < -0.4 is 4.90 Å². The first kappa shape index (κ1) is 10.5. The third-order valence-electron chi connectivity index (χ3n) is 3.20. The van der Waals surface area contributed by atoms with Gasteiger partial charge in [0.05, 0.1) is 5.69 Å². The van der Waals surface area contributed by atoms with Crippen molar-refractivity contribution in [3.8, 4) is 0 Å². The van der Waals surface area contributed by atoms with Crippen LogP contribution in [0.2, 0.25) is 0 Å². The molecule has 0 amide bonds. The topological polar surface area (TPSA) is 3.24 Å². The summed E-state index contributed by atoms with van der Waals surface area (Å²) in [5, 5.41) is 0. The molecule has 81 valence electrons. The number of para-hydroxylation sites is 1. The first-order valence-corrected chi connectivity index (χ1v) is 5.60. The number of rotatable bonds is 2. The lowest BCUT2D eigenvalue weighted by molar-refractivity contribution is 0.449. The van der Waals surface area contributed by atoms with Gasteiger partial charge in [-0.3, -0.25) is 0 Å². The number of hydrogen-bond acceptors (Lipinski definition) is 1. The van der Waals surface area contributed by atoms with E-state index in [9.17, 15) is 4.39 Å². The van der Waals surface area contributed by atoms with Crippen molar-refractivity contribution in [2.24, 2.45) is 5.92 Å². The van der Waals surface area contributed by atoms with Crippen LogP contribution in [0, 0.1) is 18.2 Å². The second-order valence-electron chi connectivity index (χ2n) is 4.11. The molecule has 0 aromatic heterocycles. The first-order valence-electron chi connectivity index (χ1n) is 5.60. The molecule has 0 unspecified atom stereocenters. The maximum absolute atomic E-state index is 13.5. The zero-order valence-corrected chi connectivity index (χ0v) is 9.12. The predicted molar refractivity (Wildman–Crippen MR) is 61.3 cm³/mol. The third-order valence-corrected chi connectivity index (χ3v) is 3.20. The van der Waals surface area contributed by atoms with Gasteiger partial charge >= 0.3 is 0 Å². The molecule has 1 heterocycles. The summed E-state index contributed by atoms with van der Waals surface area (Å²) in [5.74, 6) is 0.615. The van der Waals surface area contributed by atoms with E-state index in [2.05, 4.69) is 18.2 Å². The molecule has 1 saturated heterocycles. The molecule has 0 atom stereocenters. The van der Waals surface area contributed by atoms with E-state index >= 15 is 0 Å². The van der Waals surface area contributed by atoms with Crippen LogP contribution in [0.25, 0.3) is 0 Å². The number of benzene rings is 1. The number of nitrogens with zero attached hydrogens (tertiary/aromatic N) is 1. The second-order valence-corrected chi connectivity index (χ2v) is 4.11. The molecular formula is C13H17FN. The van der Waals surface area contributed by atoms with Gasteiger partial charge in [0.1, 0.15) is 5.82 Å². The second kappa shape index (κ2) is 4.65. The molecule has 1 fully saturated rings. The van der Waals surface area contributed by atoms with E-state index in [1.54, 1.807) is 6.07 Å². The molecule has 1 aromatic rings. The van der Waals surface area contributed by atoms with Gasteiger partial charge in [-0.1, -0.05) is 19.1 Å². The molecule has 0 saturated carbocycles. The van der Waals surface area contributed by atoms with E-state index in [1.165, 1.54) is 6.07 Å². The Morgan fingerprint density at radius 1 is 1.27 bits per heavy atom. The molecule has 1 aromatic carbocycles. The van der Waals surface area contributed by atoms with Crippen molar-refractivity contribution < 1.29 is 4.39 Å². The maximum Gasteiger partial charge on any atom is 0.146 e. The minimum absolute atomic E-state index is 0.101. The summed E-state index contributed by atoms with van der Waals surface area (Å²) in [6.45, 7) is 4.05. The highest BCUT2D eigenvalue weighted by atomic mass is 19.1. The van der Waals surface area contributed by atoms with Gasteiger partial charge in [-0.25, -0.2) is 4.39 Å². The number of anilines is 1. The Labute approximate surface area is 90.9 Å². The fourth-order valence-electron chi connectivity index (χ4n) is 2.18. The van der Waals surface area contributed by atoms with Gasteiger partial charge in [0.15, 0.2) is 0 Å². The molecular weight excluding hydrogens is 189 g/mol. The zero-order valence-electron chi connectivity index (χ0n) is 9.12. The fourth-order valence-corrected chi connectivity index (χ4v) is 2.18. The average molecular weight is 206 g/mol. The van der Waals surface area contributed by atoms with Gasteiger partial charge in [-0.15, -0.1) is 0 Å². The van der Waals surface area contributed by atoms with Crippen molar-refractivity contribution in [1.82, 2.24) is 0 Å². The summed E-state index contributed by atoms with van der Waals surface area (Å²) in [6.07, 6.45) is 4.55. The van der Waals surface area contributed by atoms with Crippen LogP contribution in [0.1, 0.15) is 19.8 Å². The Balaban J connectivity index is 2.04. The Kier molecular flexibility index (Phi) is 3.24. The van der Waals surface area contributed by atoms with Crippen LogP contribution in [0.15, 0.2) is 24.3 Å². The molecule has 2 heteroatoms. The molecule has 0 spiro atoms. The SMILES string of the molecule is C[CH]C1CCN(c2ccccc2F)CC1. The monoisotopic (exact) mass is 206 g/mol. The molecule has 15 heavy (non-hydrogen) atoms. The van der Waals surface area contributed by atoms with Crippen molar-refractivity contribution in [1.29, 1.82) is 0 Å². The smallest absolute Gasteiger partial charge is 0.146 e. The predicted octanol–water partition coefficient (Wildman–Crippen LogP) is 3.27. The number of halogens is 1. The standard InChI is InChI=1S/C13H17FN/c1-2-11-7-9-15(10-8-11)13-6-4-3-5-12(13)14/h2-6,11H,7-10H2,1H3. The fraction of sp³-hybridized carbons (Fsp3) is 0.462. The molecule has 1 radical (unpaired) electrons. The number of hydrogen-bond donors (Lipinski definition) is 0. The van der Waals surface area contributed by atoms with Gasteiger partial charge in [-0.2, -0.15) is 0 Å². The van der Waals surface area contributed by atoms with Crippen LogP contribution >= 0.6 is 0 Å². The minimum atomic E-state index is -0.101. The molecule has 1 aliphatic heterocycles. The first-order chi connectivity index (χ1) is 7.31. The molecule has 0 bridgehead atoms. The lowest BCUT2D eigenvalue weighted by Crippen LogP contribution is -2.34. The highest BCUT2D eigenvalue weighted by molar-refractivity contribution is 5.47. The summed E-state index contributed by atoms with van der Waals surface area (Å²) in [5.41, 5.74) is 0.757. The van der Waals surface area contributed by atoms with Crippen LogP contribution in [-0.4, -0.2) is 13.1 Å². The largest absolute Gasteiger partial charge is 0.369 e. The van der Waals surface area contributed by atoms with Crippen molar-refractivity contribution in [3.05, 3.63) is 36.5 Å². The summed E-state index contributed by atoms with van der Waals surface area (Å²) < 4.78 is 13.5. The van der Waals surface area contributed by atoms with Crippen molar-refractivity contribution >= 4 is 5.69 Å². The van der Waals surface area contributed by atoms with Gasteiger partial charge in [-0.05, 0) is 37.3 Å². The highest BCUT2D eigenvalue weighted by Crippen LogP contribution is 2.26. The molecule has 0 aliphatic carbocycles. The van der Waals surface area contributed by atoms with Crippen molar-refractivity contribution in [2.45, 2.75) is 19.8 Å². The van der Waals surface area contributed by atoms with Gasteiger partial charge in [0, 0.05) is 13.1 Å². The molecule has 2 rings (SSSR count). The van der Waals surface area contributed by atoms with Crippen molar-refractivity contribution in [2.75, 3.05) is 18.0 Å². The summed E-state index contributed by atoms with van der Waals surface area (Å²) in [6, 6.07) is 7.04. The molecule has 1 nitrogen and oxygen atoms in total. The molecule has 1 aliphatic rings. The van der Waals surface area contributed by atoms with E-state index in [0.29, 0.717) is 5.92 Å². The Morgan fingerprint density at radius 3 is 2.53 bits per heavy atom. The highest BCUT2D eigenvalue weighted by Gasteiger charge is 2.19. The summed E-state index contributed by atoms with van der Waals surface area (Å²) in [4.78, 5) is 2.15. The van der Waals surface area contributed by atoms with E-state index in [0.717, 1.165) is 31.6 Å². The quantitative estimate of drug-likeness (QED) is 0.718. The molecule has 0 N–H and O–H groups in total. The number of piperidine rings is 1. The van der Waals surface area contributed by atoms with Crippen LogP contribution in [0.4, 0.5) is 10.1 Å². The van der Waals surface area contributed by atoms with E-state index in [1.807, 2.05) is 12.1 Å². The normalized spacial score (nSPS) is 18.1. The van der Waals surface area contributed by atoms with Crippen molar-refractivity contribution in [3.63, 3.8) is 0 Å². The van der Waals surface area contributed by atoms with Gasteiger partial charge in [0.25, 0.3) is 0 Å². The van der Waals surface area contributed by atoms with E-state index < -0.39 is 0 Å². The third kappa shape index (κ3) is 2.31. The summed E-state index contributed by atoms with van der Waals surface area (Å²) >= 11 is 0. The minimum Gasteiger partial charge on any atom is -0.369 e. The van der Waals surface area contributed by atoms with E-state index in [4.69, 9.17) is 0 Å². The van der Waals surface area contributed by atoms with Crippen LogP contribution in [0.5, 0.6) is 0 Å². The van der Waals surface area contributed by atoms with Crippen LogP contribution in [-0.2, 0) is 0 Å². The Bertz CT molecular complexity index is 316. The average Bonchev–Trinajstić information content (AvgIpc) is 2.30. The Morgan fingerprint density at radius 2 is 1.93 bits per heavy atom. The van der Waals surface area contributed by atoms with Gasteiger partial charge in [0.2, 0.25) is 0 Å². The van der Waals surface area contributed by atoms with Gasteiger partial charge < -0.3 is 4.90 Å². The lowest BCUT2D eigenvalue weighted by atomic mass is 9.94. The summed E-state index contributed by atoms with van der Waals surface area (Å²) in [7, 11) is 0. The zero-order chi connectivity index (χ0) is 10.7. The van der Waals surface area contributed by atoms with Crippen LogP contribution in [0.3, 0.4) is 0 Å². The maximum atomic E-state index is 13.5. The lowest BCUT2D eigenvalue weighted by Gasteiger charge is -2.33. The van der Waals surface area contributed by atoms with E-state index in [-0.39, 0.29) is 5.82 Å².